The zero-order chi connectivity index (χ0) is 12.2. The number of carboxylic acids is 1. The van der Waals surface area contributed by atoms with Gasteiger partial charge in [-0.15, -0.1) is 0 Å². The van der Waals surface area contributed by atoms with Gasteiger partial charge in [0.15, 0.2) is 0 Å². The summed E-state index contributed by atoms with van der Waals surface area (Å²) in [5, 5.41) is 9.31. The number of carbonyl (C=O) groups excluding carboxylic acids is 1. The topological polar surface area (TPSA) is 57.6 Å². The minimum atomic E-state index is -0.935. The van der Waals surface area contributed by atoms with Crippen molar-refractivity contribution >= 4 is 23.6 Å². The smallest absolute Gasteiger partial charge is 0.329 e. The average Bonchev–Trinajstić information content (AvgIpc) is 2.70. The molecule has 1 N–H and O–H groups in total. The molecule has 4 nitrogen and oxygen atoms in total. The molecule has 1 aliphatic heterocycles. The van der Waals surface area contributed by atoms with Crippen molar-refractivity contribution in [1.82, 2.24) is 4.90 Å². The second kappa shape index (κ2) is 5.57. The number of aliphatic carboxylic acids is 1. The lowest BCUT2D eigenvalue weighted by Crippen LogP contribution is -2.52. The van der Waals surface area contributed by atoms with Crippen LogP contribution < -0.4 is 0 Å². The molecule has 0 saturated carbocycles. The van der Waals surface area contributed by atoms with Crippen molar-refractivity contribution in [2.45, 2.75) is 38.1 Å². The highest BCUT2D eigenvalue weighted by Crippen LogP contribution is 2.33. The van der Waals surface area contributed by atoms with E-state index in [1.807, 2.05) is 13.2 Å². The summed E-state index contributed by atoms with van der Waals surface area (Å²) in [4.78, 5) is 24.9. The highest BCUT2D eigenvalue weighted by Gasteiger charge is 2.48. The Hall–Kier alpha value is -0.710. The third-order valence-electron chi connectivity index (χ3n) is 3.29. The first-order valence-electron chi connectivity index (χ1n) is 5.61. The fraction of sp³-hybridized carbons (Fsp3) is 0.818. The molecule has 1 atom stereocenters. The van der Waals surface area contributed by atoms with Crippen molar-refractivity contribution < 1.29 is 14.7 Å². The van der Waals surface area contributed by atoms with Gasteiger partial charge in [-0.2, -0.15) is 11.8 Å². The van der Waals surface area contributed by atoms with E-state index >= 15 is 0 Å². The van der Waals surface area contributed by atoms with E-state index < -0.39 is 11.5 Å². The standard InChI is InChI=1S/C11H19NO3S/c1-3-11(10(14)15)6-4-7-12(11)9(13)5-8-16-2/h3-8H2,1-2H3,(H,14,15). The fourth-order valence-electron chi connectivity index (χ4n) is 2.31. The van der Waals surface area contributed by atoms with Crippen molar-refractivity contribution in [2.24, 2.45) is 0 Å². The molecule has 1 aliphatic rings. The Labute approximate surface area is 100 Å². The molecule has 5 heteroatoms. The van der Waals surface area contributed by atoms with Gasteiger partial charge in [-0.25, -0.2) is 4.79 Å². The number of carboxylic acid groups (broad SMARTS) is 1. The van der Waals surface area contributed by atoms with Gasteiger partial charge >= 0.3 is 5.97 Å². The lowest BCUT2D eigenvalue weighted by Gasteiger charge is -2.33. The normalized spacial score (nSPS) is 24.8. The van der Waals surface area contributed by atoms with Crippen LogP contribution in [0.1, 0.15) is 32.6 Å². The molecule has 0 aromatic heterocycles. The summed E-state index contributed by atoms with van der Waals surface area (Å²) < 4.78 is 0. The summed E-state index contributed by atoms with van der Waals surface area (Å²) >= 11 is 1.61. The third kappa shape index (κ3) is 2.34. The van der Waals surface area contributed by atoms with Crippen LogP contribution in [0, 0.1) is 0 Å². The summed E-state index contributed by atoms with van der Waals surface area (Å²) in [6.07, 6.45) is 4.26. The second-order valence-electron chi connectivity index (χ2n) is 4.08. The van der Waals surface area contributed by atoms with Crippen LogP contribution in [0.4, 0.5) is 0 Å². The van der Waals surface area contributed by atoms with Crippen LogP contribution in [-0.4, -0.2) is 46.0 Å². The highest BCUT2D eigenvalue weighted by molar-refractivity contribution is 7.98. The van der Waals surface area contributed by atoms with Gasteiger partial charge in [0.05, 0.1) is 0 Å². The molecule has 0 aromatic carbocycles. The molecule has 0 spiro atoms. The van der Waals surface area contributed by atoms with Crippen molar-refractivity contribution in [1.29, 1.82) is 0 Å². The molecule has 0 aromatic rings. The molecule has 0 radical (unpaired) electrons. The van der Waals surface area contributed by atoms with E-state index in [4.69, 9.17) is 0 Å². The number of nitrogens with zero attached hydrogens (tertiary/aromatic N) is 1. The van der Waals surface area contributed by atoms with E-state index in [1.54, 1.807) is 16.7 Å². The van der Waals surface area contributed by atoms with Crippen LogP contribution in [0.3, 0.4) is 0 Å². The number of likely N-dealkylation sites (tertiary alicyclic amines) is 1. The molecule has 16 heavy (non-hydrogen) atoms. The quantitative estimate of drug-likeness (QED) is 0.799. The van der Waals surface area contributed by atoms with E-state index in [1.165, 1.54) is 0 Å². The largest absolute Gasteiger partial charge is 0.479 e. The summed E-state index contributed by atoms with van der Waals surface area (Å²) in [7, 11) is 0. The number of thioether (sulfide) groups is 1. The number of carbonyl (C=O) groups is 2. The minimum absolute atomic E-state index is 0.0175. The lowest BCUT2D eigenvalue weighted by molar-refractivity contribution is -0.156. The molecule has 1 heterocycles. The fourth-order valence-corrected chi connectivity index (χ4v) is 2.69. The van der Waals surface area contributed by atoms with Gasteiger partial charge in [-0.3, -0.25) is 4.79 Å². The van der Waals surface area contributed by atoms with Gasteiger partial charge in [0.25, 0.3) is 0 Å². The third-order valence-corrected chi connectivity index (χ3v) is 3.91. The van der Waals surface area contributed by atoms with Gasteiger partial charge in [0, 0.05) is 18.7 Å². The summed E-state index contributed by atoms with van der Waals surface area (Å²) in [6.45, 7) is 2.43. The van der Waals surface area contributed by atoms with Crippen LogP contribution in [-0.2, 0) is 9.59 Å². The number of hydrogen-bond acceptors (Lipinski definition) is 3. The van der Waals surface area contributed by atoms with Crippen molar-refractivity contribution in [2.75, 3.05) is 18.6 Å². The Bertz CT molecular complexity index is 282. The molecule has 0 aliphatic carbocycles. The molecule has 0 bridgehead atoms. The molecule has 1 fully saturated rings. The summed E-state index contributed by atoms with van der Waals surface area (Å²) in [5.41, 5.74) is -0.935. The Morgan fingerprint density at radius 3 is 2.69 bits per heavy atom. The summed E-state index contributed by atoms with van der Waals surface area (Å²) in [6, 6.07) is 0. The maximum atomic E-state index is 11.9. The predicted octanol–water partition coefficient (Wildman–Crippen LogP) is 1.60. The Balaban J connectivity index is 2.77. The van der Waals surface area contributed by atoms with E-state index in [-0.39, 0.29) is 5.91 Å². The molecule has 92 valence electrons. The lowest BCUT2D eigenvalue weighted by atomic mass is 9.93. The van der Waals surface area contributed by atoms with Crippen molar-refractivity contribution in [3.8, 4) is 0 Å². The SMILES string of the molecule is CCC1(C(=O)O)CCCN1C(=O)CCSC. The van der Waals surface area contributed by atoms with E-state index in [2.05, 4.69) is 0 Å². The molecular weight excluding hydrogens is 226 g/mol. The van der Waals surface area contributed by atoms with Crippen LogP contribution in [0.15, 0.2) is 0 Å². The van der Waals surface area contributed by atoms with Gasteiger partial charge in [0.2, 0.25) is 5.91 Å². The molecular formula is C11H19NO3S. The van der Waals surface area contributed by atoms with E-state index in [0.717, 1.165) is 12.2 Å². The van der Waals surface area contributed by atoms with Crippen LogP contribution >= 0.6 is 11.8 Å². The van der Waals surface area contributed by atoms with Crippen LogP contribution in [0.5, 0.6) is 0 Å². The first kappa shape index (κ1) is 13.4. The van der Waals surface area contributed by atoms with Crippen LogP contribution in [0.2, 0.25) is 0 Å². The number of rotatable bonds is 5. The molecule has 1 rings (SSSR count). The van der Waals surface area contributed by atoms with Crippen molar-refractivity contribution in [3.05, 3.63) is 0 Å². The molecule has 1 saturated heterocycles. The zero-order valence-electron chi connectivity index (χ0n) is 9.86. The maximum absolute atomic E-state index is 11.9. The Morgan fingerprint density at radius 1 is 1.50 bits per heavy atom. The average molecular weight is 245 g/mol. The maximum Gasteiger partial charge on any atom is 0.329 e. The van der Waals surface area contributed by atoms with E-state index in [9.17, 15) is 14.7 Å². The highest BCUT2D eigenvalue weighted by atomic mass is 32.2. The molecule has 1 unspecified atom stereocenters. The first-order chi connectivity index (χ1) is 7.58. The van der Waals surface area contributed by atoms with Crippen LogP contribution in [0.25, 0.3) is 0 Å². The second-order valence-corrected chi connectivity index (χ2v) is 5.07. The number of amides is 1. The Kier molecular flexibility index (Phi) is 4.65. The first-order valence-corrected chi connectivity index (χ1v) is 7.00. The van der Waals surface area contributed by atoms with Crippen molar-refractivity contribution in [3.63, 3.8) is 0 Å². The van der Waals surface area contributed by atoms with Gasteiger partial charge in [-0.05, 0) is 25.5 Å². The van der Waals surface area contributed by atoms with E-state index in [0.29, 0.717) is 25.8 Å². The monoisotopic (exact) mass is 245 g/mol. The molecule has 1 amide bonds. The number of hydrogen-bond donors (Lipinski definition) is 1. The Morgan fingerprint density at radius 2 is 2.19 bits per heavy atom. The summed E-state index contributed by atoms with van der Waals surface area (Å²) in [5.74, 6) is -0.115. The minimum Gasteiger partial charge on any atom is -0.479 e. The zero-order valence-corrected chi connectivity index (χ0v) is 10.7. The predicted molar refractivity (Wildman–Crippen MR) is 64.6 cm³/mol. The van der Waals surface area contributed by atoms with Gasteiger partial charge < -0.3 is 10.0 Å². The van der Waals surface area contributed by atoms with Gasteiger partial charge in [-0.1, -0.05) is 6.92 Å². The van der Waals surface area contributed by atoms with Gasteiger partial charge in [0.1, 0.15) is 5.54 Å².